The number of benzene rings is 2. The fourth-order valence-corrected chi connectivity index (χ4v) is 1.95. The van der Waals surface area contributed by atoms with E-state index in [1.54, 1.807) is 6.92 Å². The SMILES string of the molecule is Cc1cc([N+](=O)[O-])ccc1OCC(=O)Nc1ccc(C(=O)O)cc1. The number of nitro benzene ring substituents is 1. The van der Waals surface area contributed by atoms with Gasteiger partial charge in [0.25, 0.3) is 11.6 Å². The van der Waals surface area contributed by atoms with E-state index in [1.807, 2.05) is 0 Å². The van der Waals surface area contributed by atoms with E-state index in [9.17, 15) is 19.7 Å². The Labute approximate surface area is 136 Å². The van der Waals surface area contributed by atoms with E-state index in [1.165, 1.54) is 42.5 Å². The van der Waals surface area contributed by atoms with Gasteiger partial charge in [-0.25, -0.2) is 4.79 Å². The standard InChI is InChI=1S/C16H14N2O6/c1-10-8-13(18(22)23)6-7-14(10)24-9-15(19)17-12-4-2-11(3-5-12)16(20)21/h2-8H,9H2,1H3,(H,17,19)(H,20,21). The molecule has 0 aliphatic heterocycles. The molecule has 8 nitrogen and oxygen atoms in total. The minimum atomic E-state index is -1.05. The molecule has 0 heterocycles. The highest BCUT2D eigenvalue weighted by Crippen LogP contribution is 2.23. The number of hydrogen-bond donors (Lipinski definition) is 2. The molecular formula is C16H14N2O6. The zero-order valence-electron chi connectivity index (χ0n) is 12.7. The van der Waals surface area contributed by atoms with Crippen molar-refractivity contribution in [3.05, 3.63) is 63.7 Å². The molecule has 0 unspecified atom stereocenters. The van der Waals surface area contributed by atoms with E-state index < -0.39 is 16.8 Å². The summed E-state index contributed by atoms with van der Waals surface area (Å²) >= 11 is 0. The Balaban J connectivity index is 1.93. The molecule has 0 aliphatic carbocycles. The number of nitrogens with one attached hydrogen (secondary N) is 1. The van der Waals surface area contributed by atoms with Gasteiger partial charge < -0.3 is 15.2 Å². The summed E-state index contributed by atoms with van der Waals surface area (Å²) in [5.41, 5.74) is 1.05. The average Bonchev–Trinajstić information content (AvgIpc) is 2.54. The molecule has 24 heavy (non-hydrogen) atoms. The van der Waals surface area contributed by atoms with Crippen LogP contribution in [-0.4, -0.2) is 28.5 Å². The third-order valence-electron chi connectivity index (χ3n) is 3.14. The lowest BCUT2D eigenvalue weighted by Crippen LogP contribution is -2.20. The lowest BCUT2D eigenvalue weighted by Gasteiger charge is -2.09. The number of anilines is 1. The molecule has 1 amide bonds. The molecule has 0 spiro atoms. The molecule has 0 fully saturated rings. The highest BCUT2D eigenvalue weighted by molar-refractivity contribution is 5.93. The van der Waals surface area contributed by atoms with Crippen LogP contribution in [0.2, 0.25) is 0 Å². The molecule has 2 N–H and O–H groups in total. The van der Waals surface area contributed by atoms with Gasteiger partial charge in [0.1, 0.15) is 5.75 Å². The van der Waals surface area contributed by atoms with E-state index in [4.69, 9.17) is 9.84 Å². The quantitative estimate of drug-likeness (QED) is 0.621. The van der Waals surface area contributed by atoms with Gasteiger partial charge in [0.05, 0.1) is 10.5 Å². The summed E-state index contributed by atoms with van der Waals surface area (Å²) < 4.78 is 5.34. The molecule has 2 aromatic carbocycles. The smallest absolute Gasteiger partial charge is 0.335 e. The molecule has 8 heteroatoms. The van der Waals surface area contributed by atoms with Gasteiger partial charge in [-0.2, -0.15) is 0 Å². The largest absolute Gasteiger partial charge is 0.483 e. The fourth-order valence-electron chi connectivity index (χ4n) is 1.95. The second kappa shape index (κ2) is 7.23. The summed E-state index contributed by atoms with van der Waals surface area (Å²) in [6.07, 6.45) is 0. The summed E-state index contributed by atoms with van der Waals surface area (Å²) in [5.74, 6) is -1.11. The van der Waals surface area contributed by atoms with Gasteiger partial charge in [0.2, 0.25) is 0 Å². The number of nitro groups is 1. The Morgan fingerprint density at radius 3 is 2.42 bits per heavy atom. The summed E-state index contributed by atoms with van der Waals surface area (Å²) in [7, 11) is 0. The Kier molecular flexibility index (Phi) is 5.10. The number of hydrogen-bond acceptors (Lipinski definition) is 5. The second-order valence-corrected chi connectivity index (χ2v) is 4.93. The van der Waals surface area contributed by atoms with Crippen LogP contribution in [0.3, 0.4) is 0 Å². The first-order valence-electron chi connectivity index (χ1n) is 6.88. The Morgan fingerprint density at radius 1 is 1.21 bits per heavy atom. The van der Waals surface area contributed by atoms with Crippen molar-refractivity contribution in [2.24, 2.45) is 0 Å². The highest BCUT2D eigenvalue weighted by atomic mass is 16.6. The molecule has 0 atom stereocenters. The van der Waals surface area contributed by atoms with Crippen molar-refractivity contribution in [1.82, 2.24) is 0 Å². The van der Waals surface area contributed by atoms with E-state index in [2.05, 4.69) is 5.32 Å². The van der Waals surface area contributed by atoms with Crippen LogP contribution >= 0.6 is 0 Å². The number of non-ortho nitro benzene ring substituents is 1. The lowest BCUT2D eigenvalue weighted by atomic mass is 10.2. The number of aryl methyl sites for hydroxylation is 1. The molecule has 0 aromatic heterocycles. The van der Waals surface area contributed by atoms with Crippen molar-refractivity contribution >= 4 is 23.3 Å². The highest BCUT2D eigenvalue weighted by Gasteiger charge is 2.11. The Hall–Kier alpha value is -3.42. The van der Waals surface area contributed by atoms with E-state index in [0.717, 1.165) is 0 Å². The zero-order valence-corrected chi connectivity index (χ0v) is 12.7. The van der Waals surface area contributed by atoms with E-state index in [0.29, 0.717) is 17.0 Å². The van der Waals surface area contributed by atoms with Gasteiger partial charge in [-0.3, -0.25) is 14.9 Å². The molecule has 0 radical (unpaired) electrons. The van der Waals surface area contributed by atoms with Crippen LogP contribution < -0.4 is 10.1 Å². The van der Waals surface area contributed by atoms with E-state index in [-0.39, 0.29) is 17.9 Å². The van der Waals surface area contributed by atoms with Crippen molar-refractivity contribution in [3.8, 4) is 5.75 Å². The molecule has 2 rings (SSSR count). The first kappa shape index (κ1) is 16.9. The van der Waals surface area contributed by atoms with Crippen molar-refractivity contribution in [2.45, 2.75) is 6.92 Å². The predicted octanol–water partition coefficient (Wildman–Crippen LogP) is 2.62. The van der Waals surface area contributed by atoms with Crippen LogP contribution in [-0.2, 0) is 4.79 Å². The van der Waals surface area contributed by atoms with Gasteiger partial charge in [-0.15, -0.1) is 0 Å². The maximum Gasteiger partial charge on any atom is 0.335 e. The molecule has 0 saturated heterocycles. The number of amides is 1. The van der Waals surface area contributed by atoms with Crippen LogP contribution in [0.25, 0.3) is 0 Å². The van der Waals surface area contributed by atoms with Gasteiger partial charge >= 0.3 is 5.97 Å². The van der Waals surface area contributed by atoms with Crippen LogP contribution in [0.5, 0.6) is 5.75 Å². The summed E-state index contributed by atoms with van der Waals surface area (Å²) in [5, 5.41) is 22.0. The van der Waals surface area contributed by atoms with Crippen LogP contribution in [0.1, 0.15) is 15.9 Å². The first-order valence-corrected chi connectivity index (χ1v) is 6.88. The zero-order chi connectivity index (χ0) is 17.7. The number of carbonyl (C=O) groups excluding carboxylic acids is 1. The van der Waals surface area contributed by atoms with Gasteiger partial charge in [0, 0.05) is 17.8 Å². The van der Waals surface area contributed by atoms with Crippen LogP contribution in [0.4, 0.5) is 11.4 Å². The lowest BCUT2D eigenvalue weighted by molar-refractivity contribution is -0.384. The third kappa shape index (κ3) is 4.29. The van der Waals surface area contributed by atoms with Gasteiger partial charge in [-0.1, -0.05) is 0 Å². The Morgan fingerprint density at radius 2 is 1.88 bits per heavy atom. The van der Waals surface area contributed by atoms with Crippen LogP contribution in [0.15, 0.2) is 42.5 Å². The minimum Gasteiger partial charge on any atom is -0.483 e. The molecule has 0 bridgehead atoms. The monoisotopic (exact) mass is 330 g/mol. The first-order chi connectivity index (χ1) is 11.4. The number of rotatable bonds is 6. The Bertz CT molecular complexity index is 786. The fraction of sp³-hybridized carbons (Fsp3) is 0.125. The number of carboxylic acid groups (broad SMARTS) is 1. The minimum absolute atomic E-state index is 0.0529. The van der Waals surface area contributed by atoms with Gasteiger partial charge in [-0.05, 0) is 42.8 Å². The number of ether oxygens (including phenoxy) is 1. The molecule has 2 aromatic rings. The summed E-state index contributed by atoms with van der Waals surface area (Å²) in [4.78, 5) is 32.7. The topological polar surface area (TPSA) is 119 Å². The molecule has 0 saturated carbocycles. The van der Waals surface area contributed by atoms with E-state index >= 15 is 0 Å². The van der Waals surface area contributed by atoms with Crippen molar-refractivity contribution in [1.29, 1.82) is 0 Å². The summed E-state index contributed by atoms with van der Waals surface area (Å²) in [6, 6.07) is 9.78. The number of nitrogens with zero attached hydrogens (tertiary/aromatic N) is 1. The van der Waals surface area contributed by atoms with Crippen molar-refractivity contribution < 1.29 is 24.4 Å². The molecule has 124 valence electrons. The van der Waals surface area contributed by atoms with Crippen LogP contribution in [0, 0.1) is 17.0 Å². The normalized spacial score (nSPS) is 10.0. The molecular weight excluding hydrogens is 316 g/mol. The number of aromatic carboxylic acids is 1. The van der Waals surface area contributed by atoms with Crippen molar-refractivity contribution in [2.75, 3.05) is 11.9 Å². The molecule has 0 aliphatic rings. The van der Waals surface area contributed by atoms with Crippen molar-refractivity contribution in [3.63, 3.8) is 0 Å². The average molecular weight is 330 g/mol. The third-order valence-corrected chi connectivity index (χ3v) is 3.14. The summed E-state index contributed by atoms with van der Waals surface area (Å²) in [6.45, 7) is 1.37. The van der Waals surface area contributed by atoms with Gasteiger partial charge in [0.15, 0.2) is 6.61 Å². The maximum absolute atomic E-state index is 11.8. The second-order valence-electron chi connectivity index (χ2n) is 4.93. The number of carbonyl (C=O) groups is 2. The predicted molar refractivity (Wildman–Crippen MR) is 85.4 cm³/mol. The maximum atomic E-state index is 11.8. The number of carboxylic acids is 1.